The second kappa shape index (κ2) is 6.82. The lowest BCUT2D eigenvalue weighted by atomic mass is 10.1. The molecule has 0 fully saturated rings. The number of aromatic nitrogens is 5. The number of fused-ring (bicyclic) bond motifs is 1. The summed E-state index contributed by atoms with van der Waals surface area (Å²) in [6.45, 7) is 0. The van der Waals surface area contributed by atoms with E-state index in [-0.39, 0.29) is 5.82 Å². The maximum atomic E-state index is 13.0. The first-order valence-corrected chi connectivity index (χ1v) is 9.41. The molecule has 3 heterocycles. The molecule has 5 aromatic rings. The highest BCUT2D eigenvalue weighted by molar-refractivity contribution is 7.15. The second-order valence-electron chi connectivity index (χ2n) is 6.05. The summed E-state index contributed by atoms with van der Waals surface area (Å²) < 4.78 is 14.9. The third-order valence-electron chi connectivity index (χ3n) is 4.20. The predicted molar refractivity (Wildman–Crippen MR) is 107 cm³/mol. The van der Waals surface area contributed by atoms with Crippen LogP contribution in [-0.4, -0.2) is 24.8 Å². The Kier molecular flexibility index (Phi) is 4.02. The first kappa shape index (κ1) is 16.5. The van der Waals surface area contributed by atoms with Crippen molar-refractivity contribution in [2.75, 3.05) is 5.32 Å². The zero-order chi connectivity index (χ0) is 18.9. The molecule has 0 spiro atoms. The highest BCUT2D eigenvalue weighted by Gasteiger charge is 2.12. The summed E-state index contributed by atoms with van der Waals surface area (Å²) in [5.41, 5.74) is 3.52. The van der Waals surface area contributed by atoms with Crippen LogP contribution in [0.25, 0.3) is 27.5 Å². The molecule has 0 amide bonds. The Labute approximate surface area is 163 Å². The van der Waals surface area contributed by atoms with Crippen LogP contribution in [0.3, 0.4) is 0 Å². The Morgan fingerprint density at radius 3 is 2.43 bits per heavy atom. The first-order chi connectivity index (χ1) is 13.8. The first-order valence-electron chi connectivity index (χ1n) is 8.53. The molecule has 0 atom stereocenters. The summed E-state index contributed by atoms with van der Waals surface area (Å²) in [7, 11) is 0. The molecule has 28 heavy (non-hydrogen) atoms. The molecule has 2 aromatic carbocycles. The topological polar surface area (TPSA) is 68.0 Å². The summed E-state index contributed by atoms with van der Waals surface area (Å²) in [5, 5.41) is 18.0. The van der Waals surface area contributed by atoms with Crippen molar-refractivity contribution in [3.63, 3.8) is 0 Å². The largest absolute Gasteiger partial charge is 0.306 e. The quantitative estimate of drug-likeness (QED) is 0.479. The number of thiazole rings is 1. The van der Waals surface area contributed by atoms with Gasteiger partial charge in [0.15, 0.2) is 5.82 Å². The van der Waals surface area contributed by atoms with Crippen LogP contribution in [0.4, 0.5) is 16.2 Å². The lowest BCUT2D eigenvalue weighted by Crippen LogP contribution is -1.98. The van der Waals surface area contributed by atoms with Gasteiger partial charge in [-0.1, -0.05) is 30.3 Å². The van der Waals surface area contributed by atoms with Gasteiger partial charge in [0, 0.05) is 16.5 Å². The molecule has 0 aliphatic carbocycles. The van der Waals surface area contributed by atoms with E-state index in [2.05, 4.69) is 25.6 Å². The fraction of sp³-hybridized carbons (Fsp3) is 0. The lowest BCUT2D eigenvalue weighted by Gasteiger charge is -2.03. The molecular formula is C20H13FN6S. The number of hydrogen-bond donors (Lipinski definition) is 1. The van der Waals surface area contributed by atoms with E-state index in [1.54, 1.807) is 18.2 Å². The molecule has 3 aromatic heterocycles. The van der Waals surface area contributed by atoms with Crippen LogP contribution in [0.2, 0.25) is 0 Å². The number of halogens is 1. The third-order valence-corrected chi connectivity index (χ3v) is 5.01. The number of hydrogen-bond acceptors (Lipinski definition) is 6. The zero-order valence-electron chi connectivity index (χ0n) is 14.5. The van der Waals surface area contributed by atoms with E-state index in [0.717, 1.165) is 21.8 Å². The van der Waals surface area contributed by atoms with Crippen molar-refractivity contribution < 1.29 is 4.39 Å². The number of nitrogens with zero attached hydrogens (tertiary/aromatic N) is 5. The Morgan fingerprint density at radius 1 is 0.857 bits per heavy atom. The Morgan fingerprint density at radius 2 is 1.68 bits per heavy atom. The van der Waals surface area contributed by atoms with Crippen molar-refractivity contribution >= 4 is 28.1 Å². The number of nitrogens with one attached hydrogen (secondary N) is 1. The normalized spacial score (nSPS) is 11.0. The number of rotatable bonds is 4. The molecule has 0 radical (unpaired) electrons. The summed E-state index contributed by atoms with van der Waals surface area (Å²) in [6.07, 6.45) is 0. The number of benzene rings is 2. The highest BCUT2D eigenvalue weighted by atomic mass is 32.1. The van der Waals surface area contributed by atoms with E-state index in [4.69, 9.17) is 0 Å². The molecule has 0 unspecified atom stereocenters. The molecule has 0 bridgehead atoms. The molecule has 0 saturated carbocycles. The van der Waals surface area contributed by atoms with Gasteiger partial charge >= 0.3 is 0 Å². The molecular weight excluding hydrogens is 375 g/mol. The van der Waals surface area contributed by atoms with Crippen molar-refractivity contribution in [1.29, 1.82) is 0 Å². The van der Waals surface area contributed by atoms with Gasteiger partial charge < -0.3 is 5.32 Å². The SMILES string of the molecule is Fc1ccc(-c2ccc(Nc3nc4scc(-c5ccccc5)n4n3)nn2)cc1. The van der Waals surface area contributed by atoms with Crippen molar-refractivity contribution in [3.05, 3.63) is 77.9 Å². The van der Waals surface area contributed by atoms with Crippen LogP contribution in [0.5, 0.6) is 0 Å². The van der Waals surface area contributed by atoms with E-state index in [1.165, 1.54) is 23.5 Å². The van der Waals surface area contributed by atoms with E-state index in [1.807, 2.05) is 46.3 Å². The van der Waals surface area contributed by atoms with Crippen LogP contribution in [0, 0.1) is 5.82 Å². The van der Waals surface area contributed by atoms with Crippen LogP contribution in [0.1, 0.15) is 0 Å². The monoisotopic (exact) mass is 388 g/mol. The van der Waals surface area contributed by atoms with Gasteiger partial charge in [-0.3, -0.25) is 0 Å². The van der Waals surface area contributed by atoms with Crippen LogP contribution in [-0.2, 0) is 0 Å². The fourth-order valence-corrected chi connectivity index (χ4v) is 3.66. The van der Waals surface area contributed by atoms with E-state index in [0.29, 0.717) is 17.5 Å². The minimum absolute atomic E-state index is 0.282. The van der Waals surface area contributed by atoms with E-state index in [9.17, 15) is 4.39 Å². The van der Waals surface area contributed by atoms with E-state index >= 15 is 0 Å². The van der Waals surface area contributed by atoms with Crippen LogP contribution >= 0.6 is 11.3 Å². The van der Waals surface area contributed by atoms with Gasteiger partial charge in [0.1, 0.15) is 5.82 Å². The average molecular weight is 388 g/mol. The molecule has 1 N–H and O–H groups in total. The summed E-state index contributed by atoms with van der Waals surface area (Å²) in [5.74, 6) is 0.703. The molecule has 5 rings (SSSR count). The van der Waals surface area contributed by atoms with E-state index < -0.39 is 0 Å². The third kappa shape index (κ3) is 3.10. The lowest BCUT2D eigenvalue weighted by molar-refractivity contribution is 0.628. The smallest absolute Gasteiger partial charge is 0.249 e. The molecule has 6 nitrogen and oxygen atoms in total. The Hall–Kier alpha value is -3.65. The van der Waals surface area contributed by atoms with Gasteiger partial charge in [-0.15, -0.1) is 26.6 Å². The fourth-order valence-electron chi connectivity index (χ4n) is 2.83. The standard InChI is InChI=1S/C20H13FN6S/c21-15-8-6-13(7-9-15)16-10-11-18(25-24-16)22-19-23-20-27(26-19)17(12-28-20)14-4-2-1-3-5-14/h1-12H,(H,22,25,26). The molecule has 0 saturated heterocycles. The summed E-state index contributed by atoms with van der Waals surface area (Å²) in [4.78, 5) is 5.28. The van der Waals surface area contributed by atoms with Gasteiger partial charge in [-0.2, -0.15) is 4.98 Å². The second-order valence-corrected chi connectivity index (χ2v) is 6.89. The molecule has 136 valence electrons. The van der Waals surface area contributed by atoms with Gasteiger partial charge in [0.25, 0.3) is 0 Å². The van der Waals surface area contributed by atoms with Crippen LogP contribution in [0.15, 0.2) is 72.1 Å². The summed E-state index contributed by atoms with van der Waals surface area (Å²) in [6, 6.07) is 19.8. The minimum Gasteiger partial charge on any atom is -0.306 e. The Bertz CT molecular complexity index is 1230. The van der Waals surface area contributed by atoms with Gasteiger partial charge in [-0.25, -0.2) is 8.91 Å². The van der Waals surface area contributed by atoms with Gasteiger partial charge in [0.05, 0.1) is 11.4 Å². The highest BCUT2D eigenvalue weighted by Crippen LogP contribution is 2.26. The average Bonchev–Trinajstić information content (AvgIpc) is 3.30. The number of anilines is 2. The maximum absolute atomic E-state index is 13.0. The van der Waals surface area contributed by atoms with Crippen molar-refractivity contribution in [2.45, 2.75) is 0 Å². The summed E-state index contributed by atoms with van der Waals surface area (Å²) >= 11 is 1.52. The van der Waals surface area contributed by atoms with Gasteiger partial charge in [0.2, 0.25) is 10.9 Å². The zero-order valence-corrected chi connectivity index (χ0v) is 15.3. The van der Waals surface area contributed by atoms with Crippen molar-refractivity contribution in [1.82, 2.24) is 24.8 Å². The minimum atomic E-state index is -0.282. The Balaban J connectivity index is 1.39. The van der Waals surface area contributed by atoms with Crippen molar-refractivity contribution in [3.8, 4) is 22.5 Å². The molecule has 0 aliphatic heterocycles. The van der Waals surface area contributed by atoms with Gasteiger partial charge in [-0.05, 0) is 36.4 Å². The predicted octanol–water partition coefficient (Wildman–Crippen LogP) is 4.80. The molecule has 0 aliphatic rings. The van der Waals surface area contributed by atoms with Crippen molar-refractivity contribution in [2.24, 2.45) is 0 Å². The van der Waals surface area contributed by atoms with Crippen LogP contribution < -0.4 is 5.32 Å². The maximum Gasteiger partial charge on any atom is 0.249 e. The molecule has 8 heteroatoms.